The van der Waals surface area contributed by atoms with Crippen LogP contribution in [0.2, 0.25) is 0 Å². The highest BCUT2D eigenvalue weighted by Crippen LogP contribution is 2.20. The standard InChI is InChI=1S/C16H25NO3/c1-3-19-14-6-4-13(5-7-14)16(17-2)12-20-15-8-10-18-11-9-15/h4-7,15-17H,3,8-12H2,1-2H3. The second-order valence-corrected chi connectivity index (χ2v) is 4.99. The molecule has 4 heteroatoms. The zero-order valence-corrected chi connectivity index (χ0v) is 12.4. The van der Waals surface area contributed by atoms with Crippen molar-refractivity contribution in [3.8, 4) is 5.75 Å². The first kappa shape index (κ1) is 15.3. The van der Waals surface area contributed by atoms with E-state index in [0.717, 1.165) is 31.8 Å². The number of likely N-dealkylation sites (N-methyl/N-ethyl adjacent to an activating group) is 1. The second kappa shape index (κ2) is 8.25. The number of nitrogens with one attached hydrogen (secondary N) is 1. The molecule has 0 bridgehead atoms. The van der Waals surface area contributed by atoms with E-state index < -0.39 is 0 Å². The summed E-state index contributed by atoms with van der Waals surface area (Å²) in [5, 5.41) is 3.31. The Labute approximate surface area is 121 Å². The van der Waals surface area contributed by atoms with Crippen molar-refractivity contribution in [1.82, 2.24) is 5.32 Å². The van der Waals surface area contributed by atoms with E-state index in [4.69, 9.17) is 14.2 Å². The summed E-state index contributed by atoms with van der Waals surface area (Å²) in [7, 11) is 1.97. The van der Waals surface area contributed by atoms with Crippen LogP contribution >= 0.6 is 0 Å². The number of hydrogen-bond donors (Lipinski definition) is 1. The number of benzene rings is 1. The molecule has 0 saturated carbocycles. The maximum atomic E-state index is 5.99. The minimum absolute atomic E-state index is 0.216. The molecule has 1 N–H and O–H groups in total. The van der Waals surface area contributed by atoms with Gasteiger partial charge in [-0.3, -0.25) is 0 Å². The lowest BCUT2D eigenvalue weighted by Crippen LogP contribution is -2.28. The van der Waals surface area contributed by atoms with Gasteiger partial charge >= 0.3 is 0 Å². The van der Waals surface area contributed by atoms with Crippen LogP contribution in [0.3, 0.4) is 0 Å². The molecule has 1 atom stereocenters. The molecule has 0 spiro atoms. The predicted molar refractivity (Wildman–Crippen MR) is 79.2 cm³/mol. The smallest absolute Gasteiger partial charge is 0.119 e. The molecule has 0 aromatic heterocycles. The lowest BCUT2D eigenvalue weighted by molar-refractivity contribution is -0.0378. The number of rotatable bonds is 7. The van der Waals surface area contributed by atoms with Gasteiger partial charge < -0.3 is 19.5 Å². The van der Waals surface area contributed by atoms with Crippen LogP contribution in [0.5, 0.6) is 5.75 Å². The van der Waals surface area contributed by atoms with Gasteiger partial charge in [-0.25, -0.2) is 0 Å². The third-order valence-corrected chi connectivity index (χ3v) is 3.61. The van der Waals surface area contributed by atoms with Crippen molar-refractivity contribution in [3.05, 3.63) is 29.8 Å². The number of ether oxygens (including phenoxy) is 3. The molecule has 1 aliphatic rings. The van der Waals surface area contributed by atoms with E-state index >= 15 is 0 Å². The Bertz CT molecular complexity index is 374. The molecule has 112 valence electrons. The van der Waals surface area contributed by atoms with Gasteiger partial charge in [-0.1, -0.05) is 12.1 Å². The molecule has 20 heavy (non-hydrogen) atoms. The fourth-order valence-corrected chi connectivity index (χ4v) is 2.38. The fourth-order valence-electron chi connectivity index (χ4n) is 2.38. The number of hydrogen-bond acceptors (Lipinski definition) is 4. The quantitative estimate of drug-likeness (QED) is 0.832. The van der Waals surface area contributed by atoms with Crippen molar-refractivity contribution < 1.29 is 14.2 Å². The van der Waals surface area contributed by atoms with Crippen molar-refractivity contribution in [2.45, 2.75) is 31.9 Å². The molecule has 1 fully saturated rings. The largest absolute Gasteiger partial charge is 0.494 e. The molecule has 1 aromatic carbocycles. The Morgan fingerprint density at radius 2 is 1.95 bits per heavy atom. The highest BCUT2D eigenvalue weighted by Gasteiger charge is 2.17. The molecule has 0 aliphatic carbocycles. The minimum Gasteiger partial charge on any atom is -0.494 e. The van der Waals surface area contributed by atoms with Gasteiger partial charge in [0.1, 0.15) is 5.75 Å². The van der Waals surface area contributed by atoms with E-state index in [1.54, 1.807) is 0 Å². The van der Waals surface area contributed by atoms with Crippen molar-refractivity contribution in [3.63, 3.8) is 0 Å². The first-order chi connectivity index (χ1) is 9.83. The van der Waals surface area contributed by atoms with Crippen LogP contribution in [-0.4, -0.2) is 39.6 Å². The Morgan fingerprint density at radius 3 is 2.55 bits per heavy atom. The van der Waals surface area contributed by atoms with E-state index in [0.29, 0.717) is 19.3 Å². The summed E-state index contributed by atoms with van der Waals surface area (Å²) in [6.45, 7) is 5.01. The molecule has 1 unspecified atom stereocenters. The van der Waals surface area contributed by atoms with Crippen LogP contribution < -0.4 is 10.1 Å². The van der Waals surface area contributed by atoms with Crippen molar-refractivity contribution in [1.29, 1.82) is 0 Å². The molecule has 0 amide bonds. The van der Waals surface area contributed by atoms with Gasteiger partial charge in [0.25, 0.3) is 0 Å². The van der Waals surface area contributed by atoms with Crippen LogP contribution in [0.15, 0.2) is 24.3 Å². The summed E-state index contributed by atoms with van der Waals surface area (Å²) in [5.41, 5.74) is 1.23. The topological polar surface area (TPSA) is 39.7 Å². The van der Waals surface area contributed by atoms with E-state index in [9.17, 15) is 0 Å². The van der Waals surface area contributed by atoms with Gasteiger partial charge in [-0.15, -0.1) is 0 Å². The third kappa shape index (κ3) is 4.47. The third-order valence-electron chi connectivity index (χ3n) is 3.61. The van der Waals surface area contributed by atoms with Gasteiger partial charge in [-0.05, 0) is 44.5 Å². The highest BCUT2D eigenvalue weighted by atomic mass is 16.5. The average molecular weight is 279 g/mol. The van der Waals surface area contributed by atoms with Gasteiger partial charge in [-0.2, -0.15) is 0 Å². The molecule has 1 saturated heterocycles. The minimum atomic E-state index is 0.216. The summed E-state index contributed by atoms with van der Waals surface area (Å²) in [4.78, 5) is 0. The molecule has 1 aliphatic heterocycles. The van der Waals surface area contributed by atoms with Crippen LogP contribution in [0.1, 0.15) is 31.4 Å². The lowest BCUT2D eigenvalue weighted by atomic mass is 10.1. The molecule has 0 radical (unpaired) electrons. The van der Waals surface area contributed by atoms with Crippen LogP contribution in [0.4, 0.5) is 0 Å². The molecule has 1 heterocycles. The Kier molecular flexibility index (Phi) is 6.30. The van der Waals surface area contributed by atoms with Crippen molar-refractivity contribution in [2.24, 2.45) is 0 Å². The Morgan fingerprint density at radius 1 is 1.25 bits per heavy atom. The fraction of sp³-hybridized carbons (Fsp3) is 0.625. The first-order valence-corrected chi connectivity index (χ1v) is 7.43. The van der Waals surface area contributed by atoms with Gasteiger partial charge in [0.15, 0.2) is 0 Å². The maximum Gasteiger partial charge on any atom is 0.119 e. The second-order valence-electron chi connectivity index (χ2n) is 4.99. The van der Waals surface area contributed by atoms with Gasteiger partial charge in [0.05, 0.1) is 25.4 Å². The average Bonchev–Trinajstić information content (AvgIpc) is 2.51. The molecular formula is C16H25NO3. The van der Waals surface area contributed by atoms with E-state index in [-0.39, 0.29) is 6.04 Å². The van der Waals surface area contributed by atoms with Gasteiger partial charge in [0, 0.05) is 13.2 Å². The molecule has 4 nitrogen and oxygen atoms in total. The summed E-state index contributed by atoms with van der Waals surface area (Å²) < 4.78 is 16.8. The van der Waals surface area contributed by atoms with Crippen LogP contribution in [0.25, 0.3) is 0 Å². The van der Waals surface area contributed by atoms with Gasteiger partial charge in [0.2, 0.25) is 0 Å². The SMILES string of the molecule is CCOc1ccc(C(COC2CCOCC2)NC)cc1. The monoisotopic (exact) mass is 279 g/mol. The Hall–Kier alpha value is -1.10. The first-order valence-electron chi connectivity index (χ1n) is 7.43. The zero-order chi connectivity index (χ0) is 14.2. The normalized spacial score (nSPS) is 17.9. The lowest BCUT2D eigenvalue weighted by Gasteiger charge is -2.25. The van der Waals surface area contributed by atoms with Crippen molar-refractivity contribution >= 4 is 0 Å². The summed E-state index contributed by atoms with van der Waals surface area (Å²) in [6, 6.07) is 8.43. The summed E-state index contributed by atoms with van der Waals surface area (Å²) in [5.74, 6) is 0.913. The molecule has 1 aromatic rings. The molecule has 2 rings (SSSR count). The highest BCUT2D eigenvalue weighted by molar-refractivity contribution is 5.29. The summed E-state index contributed by atoms with van der Waals surface area (Å²) in [6.07, 6.45) is 2.33. The van der Waals surface area contributed by atoms with Crippen LogP contribution in [-0.2, 0) is 9.47 Å². The van der Waals surface area contributed by atoms with Crippen LogP contribution in [0, 0.1) is 0 Å². The van der Waals surface area contributed by atoms with E-state index in [2.05, 4.69) is 17.4 Å². The Balaban J connectivity index is 1.86. The summed E-state index contributed by atoms with van der Waals surface area (Å²) >= 11 is 0. The molecular weight excluding hydrogens is 254 g/mol. The maximum absolute atomic E-state index is 5.99. The van der Waals surface area contributed by atoms with E-state index in [1.807, 2.05) is 26.1 Å². The predicted octanol–water partition coefficient (Wildman–Crippen LogP) is 2.54. The van der Waals surface area contributed by atoms with Crippen molar-refractivity contribution in [2.75, 3.05) is 33.5 Å². The van der Waals surface area contributed by atoms with E-state index in [1.165, 1.54) is 5.56 Å². The zero-order valence-electron chi connectivity index (χ0n) is 12.4.